The summed E-state index contributed by atoms with van der Waals surface area (Å²) >= 11 is 3.18. The maximum absolute atomic E-state index is 13.6. The number of likely N-dealkylation sites (N-methyl/N-ethyl adjacent to an activating group) is 1. The third kappa shape index (κ3) is 2.77. The Morgan fingerprint density at radius 1 is 1.41 bits per heavy atom. The van der Waals surface area contributed by atoms with Crippen LogP contribution in [0.25, 0.3) is 0 Å². The van der Waals surface area contributed by atoms with Gasteiger partial charge in [-0.05, 0) is 42.4 Å². The first kappa shape index (κ1) is 12.8. The van der Waals surface area contributed by atoms with E-state index >= 15 is 0 Å². The Kier molecular flexibility index (Phi) is 3.68. The largest absolute Gasteiger partial charge is 0.378 e. The molecule has 2 unspecified atom stereocenters. The summed E-state index contributed by atoms with van der Waals surface area (Å²) in [5.41, 5.74) is 0.346. The molecule has 0 bridgehead atoms. The van der Waals surface area contributed by atoms with E-state index < -0.39 is 11.6 Å². The minimum absolute atomic E-state index is 0.200. The summed E-state index contributed by atoms with van der Waals surface area (Å²) < 4.78 is 27.0. The molecule has 5 heteroatoms. The molecule has 1 saturated heterocycles. The lowest BCUT2D eigenvalue weighted by atomic mass is 10.2. The van der Waals surface area contributed by atoms with E-state index in [-0.39, 0.29) is 6.04 Å². The van der Waals surface area contributed by atoms with Crippen molar-refractivity contribution in [3.05, 3.63) is 28.2 Å². The summed E-state index contributed by atoms with van der Waals surface area (Å²) in [6, 6.07) is 2.85. The summed E-state index contributed by atoms with van der Waals surface area (Å²) in [7, 11) is 2.04. The molecule has 2 atom stereocenters. The van der Waals surface area contributed by atoms with Crippen LogP contribution in [-0.2, 0) is 0 Å². The number of nitrogens with zero attached hydrogens (tertiary/aromatic N) is 1. The number of likely N-dealkylation sites (tertiary alicyclic amines) is 1. The predicted molar refractivity (Wildman–Crippen MR) is 68.2 cm³/mol. The highest BCUT2D eigenvalue weighted by molar-refractivity contribution is 9.10. The smallest absolute Gasteiger partial charge is 0.150 e. The molecule has 1 fully saturated rings. The summed E-state index contributed by atoms with van der Waals surface area (Å²) in [5.74, 6) is -1.13. The highest BCUT2D eigenvalue weighted by atomic mass is 79.9. The number of halogens is 3. The minimum Gasteiger partial charge on any atom is -0.378 e. The molecule has 1 aromatic carbocycles. The van der Waals surface area contributed by atoms with Crippen LogP contribution in [0.2, 0.25) is 0 Å². The number of nitrogens with one attached hydrogen (secondary N) is 1. The van der Waals surface area contributed by atoms with E-state index in [2.05, 4.69) is 33.1 Å². The highest BCUT2D eigenvalue weighted by Crippen LogP contribution is 2.29. The van der Waals surface area contributed by atoms with E-state index in [4.69, 9.17) is 0 Å². The third-order valence-electron chi connectivity index (χ3n) is 3.24. The summed E-state index contributed by atoms with van der Waals surface area (Å²) in [4.78, 5) is 2.22. The van der Waals surface area contributed by atoms with Gasteiger partial charge in [-0.25, -0.2) is 8.78 Å². The van der Waals surface area contributed by atoms with Crippen molar-refractivity contribution in [2.45, 2.75) is 25.4 Å². The van der Waals surface area contributed by atoms with E-state index in [1.807, 2.05) is 7.05 Å². The van der Waals surface area contributed by atoms with Gasteiger partial charge in [0.05, 0.1) is 5.69 Å². The van der Waals surface area contributed by atoms with E-state index in [9.17, 15) is 8.78 Å². The van der Waals surface area contributed by atoms with Crippen molar-refractivity contribution in [2.75, 3.05) is 18.9 Å². The fourth-order valence-electron chi connectivity index (χ4n) is 2.18. The zero-order chi connectivity index (χ0) is 12.6. The molecule has 0 radical (unpaired) electrons. The SMILES string of the molecule is CC1CC(Nc2c(F)cc(F)cc2Br)CN1C. The van der Waals surface area contributed by atoms with Crippen molar-refractivity contribution in [3.8, 4) is 0 Å². The van der Waals surface area contributed by atoms with Gasteiger partial charge in [-0.1, -0.05) is 0 Å². The molecule has 94 valence electrons. The molecule has 0 aliphatic carbocycles. The number of rotatable bonds is 2. The molecule has 2 nitrogen and oxygen atoms in total. The van der Waals surface area contributed by atoms with Crippen LogP contribution in [0.3, 0.4) is 0 Å². The maximum atomic E-state index is 13.6. The quantitative estimate of drug-likeness (QED) is 0.902. The second-order valence-electron chi connectivity index (χ2n) is 4.61. The first-order chi connectivity index (χ1) is 7.97. The number of hydrogen-bond acceptors (Lipinski definition) is 2. The van der Waals surface area contributed by atoms with Crippen molar-refractivity contribution in [2.24, 2.45) is 0 Å². The van der Waals surface area contributed by atoms with Crippen molar-refractivity contribution in [1.82, 2.24) is 4.90 Å². The molecule has 1 aliphatic rings. The molecule has 2 rings (SSSR count). The lowest BCUT2D eigenvalue weighted by Crippen LogP contribution is -2.25. The molecule has 1 N–H and O–H groups in total. The first-order valence-electron chi connectivity index (χ1n) is 5.58. The standard InChI is InChI=1S/C12H15BrF2N2/c1-7-3-9(6-17(7)2)16-12-10(13)4-8(14)5-11(12)15/h4-5,7,9,16H,3,6H2,1-2H3. The van der Waals surface area contributed by atoms with E-state index in [0.29, 0.717) is 16.2 Å². The van der Waals surface area contributed by atoms with Crippen LogP contribution >= 0.6 is 15.9 Å². The second kappa shape index (κ2) is 4.90. The Bertz CT molecular complexity index is 392. The van der Waals surface area contributed by atoms with E-state index in [1.54, 1.807) is 0 Å². The van der Waals surface area contributed by atoms with Gasteiger partial charge in [-0.3, -0.25) is 0 Å². The molecule has 0 saturated carbocycles. The lowest BCUT2D eigenvalue weighted by molar-refractivity contribution is 0.330. The van der Waals surface area contributed by atoms with Crippen molar-refractivity contribution in [1.29, 1.82) is 0 Å². The average Bonchev–Trinajstić information content (AvgIpc) is 2.52. The van der Waals surface area contributed by atoms with Crippen molar-refractivity contribution < 1.29 is 8.78 Å². The summed E-state index contributed by atoms with van der Waals surface area (Å²) in [5, 5.41) is 3.14. The van der Waals surface area contributed by atoms with Gasteiger partial charge in [0, 0.05) is 29.2 Å². The van der Waals surface area contributed by atoms with Crippen LogP contribution in [0.1, 0.15) is 13.3 Å². The zero-order valence-electron chi connectivity index (χ0n) is 9.80. The molecule has 1 aliphatic heterocycles. The minimum atomic E-state index is -0.572. The number of benzene rings is 1. The fraction of sp³-hybridized carbons (Fsp3) is 0.500. The van der Waals surface area contributed by atoms with Crippen LogP contribution in [-0.4, -0.2) is 30.6 Å². The van der Waals surface area contributed by atoms with Crippen LogP contribution in [0, 0.1) is 11.6 Å². The lowest BCUT2D eigenvalue weighted by Gasteiger charge is -2.16. The molecular weight excluding hydrogens is 290 g/mol. The Morgan fingerprint density at radius 2 is 2.12 bits per heavy atom. The Hall–Kier alpha value is -0.680. The average molecular weight is 305 g/mol. The van der Waals surface area contributed by atoms with Gasteiger partial charge in [0.25, 0.3) is 0 Å². The first-order valence-corrected chi connectivity index (χ1v) is 6.38. The molecule has 1 aromatic rings. The van der Waals surface area contributed by atoms with Gasteiger partial charge < -0.3 is 10.2 Å². The fourth-order valence-corrected chi connectivity index (χ4v) is 2.71. The van der Waals surface area contributed by atoms with Gasteiger partial charge >= 0.3 is 0 Å². The monoisotopic (exact) mass is 304 g/mol. The van der Waals surface area contributed by atoms with Gasteiger partial charge in [-0.15, -0.1) is 0 Å². The van der Waals surface area contributed by atoms with Crippen molar-refractivity contribution in [3.63, 3.8) is 0 Å². The highest BCUT2D eigenvalue weighted by Gasteiger charge is 2.27. The molecule has 0 spiro atoms. The second-order valence-corrected chi connectivity index (χ2v) is 5.46. The molecule has 0 amide bonds. The van der Waals surface area contributed by atoms with Gasteiger partial charge in [0.2, 0.25) is 0 Å². The number of hydrogen-bond donors (Lipinski definition) is 1. The van der Waals surface area contributed by atoms with Gasteiger partial charge in [0.15, 0.2) is 0 Å². The normalized spacial score (nSPS) is 25.2. The Balaban J connectivity index is 2.14. The van der Waals surface area contributed by atoms with Crippen LogP contribution < -0.4 is 5.32 Å². The summed E-state index contributed by atoms with van der Waals surface area (Å²) in [6.07, 6.45) is 0.958. The van der Waals surface area contributed by atoms with Crippen LogP contribution in [0.4, 0.5) is 14.5 Å². The topological polar surface area (TPSA) is 15.3 Å². The molecule has 0 aromatic heterocycles. The molecule has 17 heavy (non-hydrogen) atoms. The molecule has 1 heterocycles. The van der Waals surface area contributed by atoms with E-state index in [0.717, 1.165) is 19.0 Å². The van der Waals surface area contributed by atoms with Crippen LogP contribution in [0.5, 0.6) is 0 Å². The Labute approximate surface area is 108 Å². The molecular formula is C12H15BrF2N2. The predicted octanol–water partition coefficient (Wildman–Crippen LogP) is 3.23. The van der Waals surface area contributed by atoms with Crippen molar-refractivity contribution >= 4 is 21.6 Å². The van der Waals surface area contributed by atoms with E-state index in [1.165, 1.54) is 6.07 Å². The number of anilines is 1. The van der Waals surface area contributed by atoms with Gasteiger partial charge in [-0.2, -0.15) is 0 Å². The Morgan fingerprint density at radius 3 is 2.65 bits per heavy atom. The zero-order valence-corrected chi connectivity index (χ0v) is 11.4. The third-order valence-corrected chi connectivity index (χ3v) is 3.87. The maximum Gasteiger partial charge on any atom is 0.150 e. The summed E-state index contributed by atoms with van der Waals surface area (Å²) in [6.45, 7) is 3.00. The van der Waals surface area contributed by atoms with Crippen LogP contribution in [0.15, 0.2) is 16.6 Å². The van der Waals surface area contributed by atoms with Gasteiger partial charge in [0.1, 0.15) is 11.6 Å².